The van der Waals surface area contributed by atoms with Crippen LogP contribution in [0.1, 0.15) is 96.6 Å². The molecule has 3 fully saturated rings. The predicted molar refractivity (Wildman–Crippen MR) is 192 cm³/mol. The lowest BCUT2D eigenvalue weighted by Gasteiger charge is -2.32. The quantitative estimate of drug-likeness (QED) is 0.134. The number of aliphatic carboxylic acids is 2. The van der Waals surface area contributed by atoms with Gasteiger partial charge in [0, 0.05) is 0 Å². The Labute approximate surface area is 293 Å². The van der Waals surface area contributed by atoms with E-state index in [1.807, 2.05) is 66.7 Å². The Morgan fingerprint density at radius 3 is 1.69 bits per heavy atom. The van der Waals surface area contributed by atoms with Crippen molar-refractivity contribution in [1.82, 2.24) is 0 Å². The minimum absolute atomic E-state index is 0.137. The summed E-state index contributed by atoms with van der Waals surface area (Å²) in [5, 5.41) is 19.7. The lowest BCUT2D eigenvalue weighted by molar-refractivity contribution is -0.157. The van der Waals surface area contributed by atoms with Gasteiger partial charge in [-0.2, -0.15) is 0 Å². The minimum atomic E-state index is -0.773. The first kappa shape index (κ1) is 38.8. The molecule has 1 saturated heterocycles. The zero-order chi connectivity index (χ0) is 35.5. The van der Waals surface area contributed by atoms with Gasteiger partial charge in [0.1, 0.15) is 0 Å². The molecule has 2 aromatic carbocycles. The first-order valence-electron chi connectivity index (χ1n) is 18.0. The van der Waals surface area contributed by atoms with E-state index >= 15 is 0 Å². The van der Waals surface area contributed by atoms with Crippen LogP contribution < -0.4 is 0 Å². The third kappa shape index (κ3) is 9.63. The Kier molecular flexibility index (Phi) is 13.7. The smallest absolute Gasteiger partial charge is 0.457 e. The maximum Gasteiger partial charge on any atom is 0.457 e. The molecule has 268 valence electrons. The summed E-state index contributed by atoms with van der Waals surface area (Å²) in [6.07, 6.45) is 10.3. The first-order chi connectivity index (χ1) is 23.3. The molecule has 9 heteroatoms. The Morgan fingerprint density at radius 2 is 1.24 bits per heavy atom. The van der Waals surface area contributed by atoms with Crippen molar-refractivity contribution in [3.8, 4) is 0 Å². The lowest BCUT2D eigenvalue weighted by Crippen LogP contribution is -2.41. The second-order valence-corrected chi connectivity index (χ2v) is 15.2. The van der Waals surface area contributed by atoms with Gasteiger partial charge in [-0.1, -0.05) is 86.0 Å². The maximum absolute atomic E-state index is 12.2. The standard InChI is InChI=1S/C23H35BO5.C17H22O3/c1-21(2)22(3,4)29-24(28-21)15-9-13-19-12-8-14-23(19,20(25)26)17-27-16-18-10-6-5-7-11-18;1-2-7-15-10-6-11-17(15,16(18)19)13-20-12-14-8-4-3-5-9-14/h5-7,10-11,19H,8-9,12-17H2,1-4H3,(H,25,26);2-5,8-9,15H,1,6-7,10-13H2,(H,18,19)/t19-,23+;15-,17-/m01/s1. The molecule has 8 nitrogen and oxygen atoms in total. The number of rotatable bonds is 16. The average Bonchev–Trinajstić information content (AvgIpc) is 3.73. The molecule has 0 unspecified atom stereocenters. The summed E-state index contributed by atoms with van der Waals surface area (Å²) in [6, 6.07) is 19.8. The summed E-state index contributed by atoms with van der Waals surface area (Å²) < 4.78 is 23.8. The highest BCUT2D eigenvalue weighted by Gasteiger charge is 2.52. The molecule has 1 heterocycles. The lowest BCUT2D eigenvalue weighted by atomic mass is 9.73. The zero-order valence-electron chi connectivity index (χ0n) is 30.0. The molecule has 3 aliphatic rings. The highest BCUT2D eigenvalue weighted by Crippen LogP contribution is 2.48. The van der Waals surface area contributed by atoms with Gasteiger partial charge in [-0.15, -0.1) is 6.58 Å². The number of carbonyl (C=O) groups is 2. The van der Waals surface area contributed by atoms with E-state index in [9.17, 15) is 19.8 Å². The SMILES string of the molecule is C=CC[C@@H]1CCC[C@]1(COCc1ccccc1)C(=O)O.CC1(C)OB(CCC[C@@H]2CCC[C@]2(COCc2ccccc2)C(=O)O)OC1(C)C. The molecule has 0 radical (unpaired) electrons. The van der Waals surface area contributed by atoms with Gasteiger partial charge in [0.25, 0.3) is 0 Å². The predicted octanol–water partition coefficient (Wildman–Crippen LogP) is 8.60. The number of allylic oxidation sites excluding steroid dienone is 1. The fraction of sp³-hybridized carbons (Fsp3) is 0.600. The van der Waals surface area contributed by atoms with Crippen molar-refractivity contribution in [2.75, 3.05) is 13.2 Å². The molecule has 2 saturated carbocycles. The van der Waals surface area contributed by atoms with E-state index in [1.165, 1.54) is 0 Å². The van der Waals surface area contributed by atoms with E-state index in [0.29, 0.717) is 26.1 Å². The van der Waals surface area contributed by atoms with E-state index in [4.69, 9.17) is 18.8 Å². The molecule has 0 spiro atoms. The van der Waals surface area contributed by atoms with Crippen molar-refractivity contribution >= 4 is 19.1 Å². The van der Waals surface area contributed by atoms with Crippen LogP contribution in [0, 0.1) is 22.7 Å². The Balaban J connectivity index is 0.000000237. The van der Waals surface area contributed by atoms with Crippen molar-refractivity contribution < 1.29 is 38.6 Å². The van der Waals surface area contributed by atoms with Crippen LogP contribution in [0.3, 0.4) is 0 Å². The van der Waals surface area contributed by atoms with Crippen LogP contribution in [0.25, 0.3) is 0 Å². The van der Waals surface area contributed by atoms with E-state index in [1.54, 1.807) is 0 Å². The van der Waals surface area contributed by atoms with Crippen LogP contribution in [-0.2, 0) is 41.6 Å². The molecule has 0 aromatic heterocycles. The average molecular weight is 677 g/mol. The molecular weight excluding hydrogens is 619 g/mol. The van der Waals surface area contributed by atoms with E-state index in [0.717, 1.165) is 62.4 Å². The van der Waals surface area contributed by atoms with Crippen molar-refractivity contribution in [3.63, 3.8) is 0 Å². The second-order valence-electron chi connectivity index (χ2n) is 15.2. The second kappa shape index (κ2) is 17.3. The van der Waals surface area contributed by atoms with Gasteiger partial charge >= 0.3 is 19.1 Å². The largest absolute Gasteiger partial charge is 0.481 e. The number of hydrogen-bond acceptors (Lipinski definition) is 6. The topological polar surface area (TPSA) is 112 Å². The van der Waals surface area contributed by atoms with E-state index in [2.05, 4.69) is 34.3 Å². The van der Waals surface area contributed by atoms with Crippen LogP contribution in [0.4, 0.5) is 0 Å². The monoisotopic (exact) mass is 676 g/mol. The van der Waals surface area contributed by atoms with Crippen molar-refractivity contribution in [3.05, 3.63) is 84.4 Å². The summed E-state index contributed by atoms with van der Waals surface area (Å²) >= 11 is 0. The third-order valence-electron chi connectivity index (χ3n) is 11.5. The fourth-order valence-electron chi connectivity index (χ4n) is 7.78. The number of benzene rings is 2. The first-order valence-corrected chi connectivity index (χ1v) is 18.0. The number of carboxylic acids is 2. The Hall–Kier alpha value is -2.98. The maximum atomic E-state index is 12.2. The number of ether oxygens (including phenoxy) is 2. The van der Waals surface area contributed by atoms with Crippen molar-refractivity contribution in [1.29, 1.82) is 0 Å². The van der Waals surface area contributed by atoms with Crippen LogP contribution in [0.5, 0.6) is 0 Å². The van der Waals surface area contributed by atoms with Crippen LogP contribution in [0.2, 0.25) is 6.32 Å². The van der Waals surface area contributed by atoms with Crippen LogP contribution >= 0.6 is 0 Å². The highest BCUT2D eigenvalue weighted by molar-refractivity contribution is 6.45. The van der Waals surface area contributed by atoms with Gasteiger partial charge in [-0.25, -0.2) is 0 Å². The molecule has 5 rings (SSSR count). The summed E-state index contributed by atoms with van der Waals surface area (Å²) in [5.74, 6) is -1.16. The molecule has 0 bridgehead atoms. The highest BCUT2D eigenvalue weighted by atomic mass is 16.7. The molecular formula is C40H57BO8. The number of hydrogen-bond donors (Lipinski definition) is 2. The molecule has 2 aliphatic carbocycles. The summed E-state index contributed by atoms with van der Waals surface area (Å²) in [6.45, 7) is 13.5. The molecule has 49 heavy (non-hydrogen) atoms. The van der Waals surface area contributed by atoms with E-state index < -0.39 is 22.8 Å². The van der Waals surface area contributed by atoms with Gasteiger partial charge in [0.2, 0.25) is 0 Å². The molecule has 0 amide bonds. The molecule has 4 atom stereocenters. The van der Waals surface area contributed by atoms with Crippen LogP contribution in [-0.4, -0.2) is 53.7 Å². The van der Waals surface area contributed by atoms with Gasteiger partial charge < -0.3 is 29.0 Å². The van der Waals surface area contributed by atoms with Gasteiger partial charge in [-0.05, 0) is 95.5 Å². The fourth-order valence-corrected chi connectivity index (χ4v) is 7.78. The summed E-state index contributed by atoms with van der Waals surface area (Å²) in [5.41, 5.74) is 0.00490. The van der Waals surface area contributed by atoms with Gasteiger partial charge in [-0.3, -0.25) is 9.59 Å². The Bertz CT molecular complexity index is 1330. The van der Waals surface area contributed by atoms with Crippen molar-refractivity contribution in [2.24, 2.45) is 22.7 Å². The summed E-state index contributed by atoms with van der Waals surface area (Å²) in [4.78, 5) is 24.0. The zero-order valence-corrected chi connectivity index (χ0v) is 30.0. The third-order valence-corrected chi connectivity index (χ3v) is 11.5. The molecule has 2 N–H and O–H groups in total. The summed E-state index contributed by atoms with van der Waals surface area (Å²) in [7, 11) is -0.213. The number of carboxylic acid groups (broad SMARTS) is 2. The van der Waals surface area contributed by atoms with Crippen LogP contribution in [0.15, 0.2) is 73.3 Å². The van der Waals surface area contributed by atoms with E-state index in [-0.39, 0.29) is 43.4 Å². The van der Waals surface area contributed by atoms with Crippen molar-refractivity contribution in [2.45, 2.75) is 116 Å². The molecule has 1 aliphatic heterocycles. The minimum Gasteiger partial charge on any atom is -0.481 e. The molecule has 2 aromatic rings. The van der Waals surface area contributed by atoms with Gasteiger partial charge in [0.15, 0.2) is 0 Å². The Morgan fingerprint density at radius 1 is 0.796 bits per heavy atom. The van der Waals surface area contributed by atoms with Gasteiger partial charge in [0.05, 0.1) is 48.5 Å². The normalized spacial score (nSPS) is 27.0.